The van der Waals surface area contributed by atoms with Crippen LogP contribution in [0.25, 0.3) is 11.1 Å². The number of carboxylic acid groups (broad SMARTS) is 1. The number of anilines is 3. The second-order valence-corrected chi connectivity index (χ2v) is 11.5. The molecule has 2 N–H and O–H groups in total. The Labute approximate surface area is 212 Å². The number of nitrogens with zero attached hydrogens (tertiary/aromatic N) is 2. The molecule has 0 bridgehead atoms. The summed E-state index contributed by atoms with van der Waals surface area (Å²) in [6.45, 7) is 2.05. The summed E-state index contributed by atoms with van der Waals surface area (Å²) in [6, 6.07) is 10.1. The van der Waals surface area contributed by atoms with Crippen molar-refractivity contribution >= 4 is 39.1 Å². The number of fused-ring (bicyclic) bond motifs is 1. The molecule has 0 aromatic heterocycles. The highest BCUT2D eigenvalue weighted by atomic mass is 32.2. The van der Waals surface area contributed by atoms with Crippen molar-refractivity contribution in [1.29, 1.82) is 0 Å². The lowest BCUT2D eigenvalue weighted by atomic mass is 9.86. The van der Waals surface area contributed by atoms with E-state index in [2.05, 4.69) is 4.72 Å². The Morgan fingerprint density at radius 2 is 1.72 bits per heavy atom. The molecule has 1 saturated carbocycles. The molecule has 4 rings (SSSR count). The van der Waals surface area contributed by atoms with Gasteiger partial charge in [-0.3, -0.25) is 14.4 Å². The van der Waals surface area contributed by atoms with Crippen molar-refractivity contribution in [3.63, 3.8) is 0 Å². The van der Waals surface area contributed by atoms with Crippen molar-refractivity contribution in [2.75, 3.05) is 34.4 Å². The Balaban J connectivity index is 1.72. The third kappa shape index (κ3) is 5.59. The number of ether oxygens (including phenoxy) is 1. The molecule has 0 unspecified atom stereocenters. The number of sulfonamides is 1. The van der Waals surface area contributed by atoms with Gasteiger partial charge < -0.3 is 14.7 Å². The standard InChI is InChI=1S/C26H33N3O6S/c1-17-16-28(26(31)32)23-15-20(19-10-12-24(35-2)21(14-19)27-36(3,33)34)9-11-22(23)29(17)25(30)13-18-7-5-4-6-8-18/h9-12,14-15,17-18,27H,4-8,13,16H2,1-3H3,(H,31,32)/t17-/m0/s1. The van der Waals surface area contributed by atoms with Gasteiger partial charge in [0, 0.05) is 13.0 Å². The predicted octanol–water partition coefficient (Wildman–Crippen LogP) is 4.92. The van der Waals surface area contributed by atoms with E-state index in [9.17, 15) is 23.1 Å². The van der Waals surface area contributed by atoms with E-state index in [1.165, 1.54) is 18.4 Å². The summed E-state index contributed by atoms with van der Waals surface area (Å²) in [5.74, 6) is 0.763. The summed E-state index contributed by atoms with van der Waals surface area (Å²) in [5.41, 5.74) is 2.65. The molecule has 10 heteroatoms. The summed E-state index contributed by atoms with van der Waals surface area (Å²) in [6.07, 6.45) is 6.08. The second-order valence-electron chi connectivity index (χ2n) is 9.71. The van der Waals surface area contributed by atoms with Gasteiger partial charge in [-0.1, -0.05) is 31.4 Å². The fourth-order valence-electron chi connectivity index (χ4n) is 5.27. The molecule has 1 aliphatic carbocycles. The largest absolute Gasteiger partial charge is 0.495 e. The highest BCUT2D eigenvalue weighted by Crippen LogP contribution is 2.41. The van der Waals surface area contributed by atoms with Crippen LogP contribution in [0.2, 0.25) is 0 Å². The second kappa shape index (κ2) is 10.4. The molecule has 1 aliphatic heterocycles. The minimum absolute atomic E-state index is 0.0255. The average Bonchev–Trinajstić information content (AvgIpc) is 2.82. The van der Waals surface area contributed by atoms with Crippen molar-refractivity contribution in [3.05, 3.63) is 36.4 Å². The highest BCUT2D eigenvalue weighted by Gasteiger charge is 2.36. The fraction of sp³-hybridized carbons (Fsp3) is 0.462. The number of carbonyl (C=O) groups excluding carboxylic acids is 1. The van der Waals surface area contributed by atoms with Crippen molar-refractivity contribution in [3.8, 4) is 16.9 Å². The molecule has 36 heavy (non-hydrogen) atoms. The first kappa shape index (κ1) is 25.8. The van der Waals surface area contributed by atoms with Gasteiger partial charge in [0.25, 0.3) is 0 Å². The van der Waals surface area contributed by atoms with Gasteiger partial charge in [-0.2, -0.15) is 0 Å². The van der Waals surface area contributed by atoms with E-state index >= 15 is 0 Å². The van der Waals surface area contributed by atoms with Crippen LogP contribution in [0.15, 0.2) is 36.4 Å². The summed E-state index contributed by atoms with van der Waals surface area (Å²) in [5, 5.41) is 9.92. The average molecular weight is 516 g/mol. The van der Waals surface area contributed by atoms with Gasteiger partial charge in [0.1, 0.15) is 5.75 Å². The summed E-state index contributed by atoms with van der Waals surface area (Å²) in [4.78, 5) is 28.5. The Morgan fingerprint density at radius 3 is 2.36 bits per heavy atom. The number of carbonyl (C=O) groups is 2. The molecular formula is C26H33N3O6S. The number of nitrogens with one attached hydrogen (secondary N) is 1. The van der Waals surface area contributed by atoms with E-state index in [0.717, 1.165) is 31.9 Å². The molecule has 0 saturated heterocycles. The van der Waals surface area contributed by atoms with E-state index in [1.807, 2.05) is 13.0 Å². The van der Waals surface area contributed by atoms with Crippen LogP contribution in [0.4, 0.5) is 21.9 Å². The van der Waals surface area contributed by atoms with Crippen molar-refractivity contribution in [2.45, 2.75) is 51.5 Å². The van der Waals surface area contributed by atoms with Crippen molar-refractivity contribution in [1.82, 2.24) is 0 Å². The fourth-order valence-corrected chi connectivity index (χ4v) is 5.83. The number of hydrogen-bond donors (Lipinski definition) is 2. The molecule has 9 nitrogen and oxygen atoms in total. The van der Waals surface area contributed by atoms with Crippen LogP contribution in [0, 0.1) is 5.92 Å². The number of benzene rings is 2. The monoisotopic (exact) mass is 515 g/mol. The zero-order chi connectivity index (χ0) is 26.0. The maximum absolute atomic E-state index is 13.4. The number of amides is 2. The molecule has 2 aliphatic rings. The molecule has 2 aromatic carbocycles. The molecule has 1 heterocycles. The molecule has 0 spiro atoms. The zero-order valence-electron chi connectivity index (χ0n) is 20.9. The van der Waals surface area contributed by atoms with Crippen molar-refractivity contribution < 1.29 is 27.9 Å². The minimum atomic E-state index is -3.54. The number of rotatable bonds is 6. The van der Waals surface area contributed by atoms with Gasteiger partial charge in [-0.15, -0.1) is 0 Å². The maximum atomic E-state index is 13.4. The molecular weight excluding hydrogens is 482 g/mol. The van der Waals surface area contributed by atoms with Gasteiger partial charge in [0.05, 0.1) is 36.5 Å². The van der Waals surface area contributed by atoms with Crippen LogP contribution >= 0.6 is 0 Å². The first-order chi connectivity index (χ1) is 17.1. The normalized spacial score (nSPS) is 18.5. The minimum Gasteiger partial charge on any atom is -0.495 e. The summed E-state index contributed by atoms with van der Waals surface area (Å²) >= 11 is 0. The molecule has 194 valence electrons. The predicted molar refractivity (Wildman–Crippen MR) is 140 cm³/mol. The zero-order valence-corrected chi connectivity index (χ0v) is 21.7. The van der Waals surface area contributed by atoms with Gasteiger partial charge in [-0.05, 0) is 61.1 Å². The van der Waals surface area contributed by atoms with Crippen LogP contribution in [-0.2, 0) is 14.8 Å². The molecule has 1 fully saturated rings. The maximum Gasteiger partial charge on any atom is 0.411 e. The van der Waals surface area contributed by atoms with Gasteiger partial charge in [0.2, 0.25) is 15.9 Å². The Bertz CT molecular complexity index is 1260. The van der Waals surface area contributed by atoms with E-state index < -0.39 is 16.1 Å². The molecule has 2 amide bonds. The Kier molecular flexibility index (Phi) is 7.44. The SMILES string of the molecule is COc1ccc(-c2ccc3c(c2)N(C(=O)O)C[C@H](C)N3C(=O)CC2CCCCC2)cc1NS(C)(=O)=O. The first-order valence-corrected chi connectivity index (χ1v) is 14.1. The van der Waals surface area contributed by atoms with E-state index in [1.54, 1.807) is 35.2 Å². The smallest absolute Gasteiger partial charge is 0.411 e. The van der Waals surface area contributed by atoms with Crippen LogP contribution in [0.3, 0.4) is 0 Å². The van der Waals surface area contributed by atoms with Gasteiger partial charge in [0.15, 0.2) is 0 Å². The molecule has 1 atom stereocenters. The lowest BCUT2D eigenvalue weighted by molar-refractivity contribution is -0.120. The summed E-state index contributed by atoms with van der Waals surface area (Å²) < 4.78 is 31.4. The topological polar surface area (TPSA) is 116 Å². The highest BCUT2D eigenvalue weighted by molar-refractivity contribution is 7.92. The molecule has 0 radical (unpaired) electrons. The lowest BCUT2D eigenvalue weighted by Crippen LogP contribution is -2.52. The van der Waals surface area contributed by atoms with Crippen LogP contribution in [-0.4, -0.2) is 51.5 Å². The lowest BCUT2D eigenvalue weighted by Gasteiger charge is -2.41. The molecule has 2 aromatic rings. The quantitative estimate of drug-likeness (QED) is 0.564. The van der Waals surface area contributed by atoms with Gasteiger partial charge in [-0.25, -0.2) is 13.2 Å². The van der Waals surface area contributed by atoms with Crippen molar-refractivity contribution in [2.24, 2.45) is 5.92 Å². The van der Waals surface area contributed by atoms with E-state index in [-0.39, 0.29) is 24.2 Å². The number of methoxy groups -OCH3 is 1. The summed E-state index contributed by atoms with van der Waals surface area (Å²) in [7, 11) is -2.09. The van der Waals surface area contributed by atoms with E-state index in [4.69, 9.17) is 4.74 Å². The Morgan fingerprint density at radius 1 is 1.06 bits per heavy atom. The van der Waals surface area contributed by atoms with Crippen LogP contribution in [0.1, 0.15) is 45.4 Å². The van der Waals surface area contributed by atoms with E-state index in [0.29, 0.717) is 40.6 Å². The van der Waals surface area contributed by atoms with Crippen LogP contribution < -0.4 is 19.3 Å². The van der Waals surface area contributed by atoms with Crippen LogP contribution in [0.5, 0.6) is 5.75 Å². The third-order valence-electron chi connectivity index (χ3n) is 6.93. The first-order valence-electron chi connectivity index (χ1n) is 12.2. The Hall–Kier alpha value is -3.27. The number of hydrogen-bond acceptors (Lipinski definition) is 5. The third-order valence-corrected chi connectivity index (χ3v) is 7.52. The van der Waals surface area contributed by atoms with Gasteiger partial charge >= 0.3 is 6.09 Å².